The number of sulfonamides is 1. The Morgan fingerprint density at radius 1 is 1.04 bits per heavy atom. The number of rotatable bonds is 4. The van der Waals surface area contributed by atoms with Gasteiger partial charge in [0.25, 0.3) is 10.0 Å². The van der Waals surface area contributed by atoms with Gasteiger partial charge < -0.3 is 5.32 Å². The van der Waals surface area contributed by atoms with E-state index in [0.29, 0.717) is 22.4 Å². The standard InChI is InChI=1S/C16H13N5O2S2/c22-25(23)14-9-5-4-8-13(14)18-15(20-25)10-24-16-17-11-21(19-16)12-6-2-1-3-7-12/h1-9,11H,10H2,(H,18,20). The van der Waals surface area contributed by atoms with Crippen LogP contribution in [0.5, 0.6) is 0 Å². The Morgan fingerprint density at radius 2 is 1.80 bits per heavy atom. The van der Waals surface area contributed by atoms with Crippen LogP contribution >= 0.6 is 11.8 Å². The molecule has 1 N–H and O–H groups in total. The van der Waals surface area contributed by atoms with Crippen LogP contribution in [0.1, 0.15) is 0 Å². The minimum Gasteiger partial charge on any atom is -0.341 e. The van der Waals surface area contributed by atoms with Gasteiger partial charge in [-0.2, -0.15) is 8.42 Å². The summed E-state index contributed by atoms with van der Waals surface area (Å²) in [6.07, 6.45) is 1.62. The monoisotopic (exact) mass is 371 g/mol. The van der Waals surface area contributed by atoms with E-state index in [1.807, 2.05) is 30.3 Å². The molecule has 7 nitrogen and oxygen atoms in total. The summed E-state index contributed by atoms with van der Waals surface area (Å²) in [5, 5.41) is 7.98. The Hall–Kier alpha value is -2.65. The van der Waals surface area contributed by atoms with Crippen molar-refractivity contribution in [1.29, 1.82) is 0 Å². The molecule has 126 valence electrons. The van der Waals surface area contributed by atoms with Gasteiger partial charge in [-0.05, 0) is 24.3 Å². The third-order valence-corrected chi connectivity index (χ3v) is 5.74. The number of anilines is 1. The van der Waals surface area contributed by atoms with Crippen LogP contribution in [0.2, 0.25) is 0 Å². The molecule has 0 spiro atoms. The van der Waals surface area contributed by atoms with Crippen molar-refractivity contribution in [2.75, 3.05) is 11.1 Å². The molecule has 1 aliphatic rings. The van der Waals surface area contributed by atoms with Gasteiger partial charge in [0.2, 0.25) is 5.16 Å². The van der Waals surface area contributed by atoms with E-state index in [1.165, 1.54) is 17.8 Å². The van der Waals surface area contributed by atoms with E-state index >= 15 is 0 Å². The molecule has 0 amide bonds. The molecule has 4 rings (SSSR count). The van der Waals surface area contributed by atoms with Crippen molar-refractivity contribution in [2.45, 2.75) is 10.1 Å². The van der Waals surface area contributed by atoms with Crippen molar-refractivity contribution in [1.82, 2.24) is 14.8 Å². The maximum atomic E-state index is 12.2. The van der Waals surface area contributed by atoms with Gasteiger partial charge in [0.05, 0.1) is 17.1 Å². The van der Waals surface area contributed by atoms with Gasteiger partial charge in [-0.1, -0.05) is 42.1 Å². The van der Waals surface area contributed by atoms with Crippen molar-refractivity contribution >= 4 is 33.3 Å². The predicted molar refractivity (Wildman–Crippen MR) is 96.8 cm³/mol. The molecule has 1 aliphatic heterocycles. The number of nitrogens with zero attached hydrogens (tertiary/aromatic N) is 4. The fraction of sp³-hybridized carbons (Fsp3) is 0.0625. The van der Waals surface area contributed by atoms with Crippen molar-refractivity contribution in [3.63, 3.8) is 0 Å². The lowest BCUT2D eigenvalue weighted by Crippen LogP contribution is -2.23. The zero-order valence-electron chi connectivity index (χ0n) is 12.9. The normalized spacial score (nSPS) is 15.1. The molecule has 0 saturated carbocycles. The number of para-hydroxylation sites is 2. The van der Waals surface area contributed by atoms with Crippen LogP contribution < -0.4 is 5.32 Å². The fourth-order valence-electron chi connectivity index (χ4n) is 2.38. The first-order valence-corrected chi connectivity index (χ1v) is 9.84. The molecule has 3 aromatic rings. The van der Waals surface area contributed by atoms with Crippen molar-refractivity contribution in [3.8, 4) is 5.69 Å². The van der Waals surface area contributed by atoms with Crippen LogP contribution in [0, 0.1) is 0 Å². The number of benzene rings is 2. The van der Waals surface area contributed by atoms with Gasteiger partial charge in [0, 0.05) is 0 Å². The molecule has 0 aliphatic carbocycles. The van der Waals surface area contributed by atoms with E-state index in [0.717, 1.165) is 5.69 Å². The number of hydrogen-bond acceptors (Lipinski definition) is 6. The number of amidine groups is 1. The first kappa shape index (κ1) is 15.9. The summed E-state index contributed by atoms with van der Waals surface area (Å²) in [5.41, 5.74) is 1.45. The highest BCUT2D eigenvalue weighted by molar-refractivity contribution is 8.00. The minimum absolute atomic E-state index is 0.190. The fourth-order valence-corrected chi connectivity index (χ4v) is 4.28. The summed E-state index contributed by atoms with van der Waals surface area (Å²) in [6.45, 7) is 0. The number of aromatic nitrogens is 3. The Balaban J connectivity index is 1.50. The maximum Gasteiger partial charge on any atom is 0.286 e. The van der Waals surface area contributed by atoms with E-state index in [-0.39, 0.29) is 4.90 Å². The number of nitrogens with one attached hydrogen (secondary N) is 1. The second-order valence-electron chi connectivity index (χ2n) is 5.23. The number of thioether (sulfide) groups is 1. The van der Waals surface area contributed by atoms with E-state index < -0.39 is 10.0 Å². The van der Waals surface area contributed by atoms with Gasteiger partial charge in [0.1, 0.15) is 17.1 Å². The molecule has 0 radical (unpaired) electrons. The van der Waals surface area contributed by atoms with Gasteiger partial charge in [-0.15, -0.1) is 9.50 Å². The van der Waals surface area contributed by atoms with Crippen LogP contribution in [-0.2, 0) is 10.0 Å². The number of hydrogen-bond donors (Lipinski definition) is 1. The lowest BCUT2D eigenvalue weighted by Gasteiger charge is -2.17. The number of fused-ring (bicyclic) bond motifs is 1. The Morgan fingerprint density at radius 3 is 2.64 bits per heavy atom. The molecule has 9 heteroatoms. The van der Waals surface area contributed by atoms with Gasteiger partial charge >= 0.3 is 0 Å². The van der Waals surface area contributed by atoms with Crippen LogP contribution in [0.4, 0.5) is 5.69 Å². The second-order valence-corrected chi connectivity index (χ2v) is 7.75. The molecular formula is C16H13N5O2S2. The molecule has 0 fully saturated rings. The van der Waals surface area contributed by atoms with Crippen LogP contribution in [0.15, 0.2) is 75.4 Å². The Bertz CT molecular complexity index is 1050. The molecule has 0 bridgehead atoms. The molecule has 1 aromatic heterocycles. The zero-order chi connectivity index (χ0) is 17.3. The first-order valence-electron chi connectivity index (χ1n) is 7.42. The highest BCUT2D eigenvalue weighted by Crippen LogP contribution is 2.27. The first-order chi connectivity index (χ1) is 12.1. The van der Waals surface area contributed by atoms with E-state index in [9.17, 15) is 8.42 Å². The summed E-state index contributed by atoms with van der Waals surface area (Å²) in [5.74, 6) is 0.687. The van der Waals surface area contributed by atoms with Gasteiger partial charge in [0.15, 0.2) is 0 Å². The lowest BCUT2D eigenvalue weighted by molar-refractivity contribution is 0.598. The molecular weight excluding hydrogens is 358 g/mol. The van der Waals surface area contributed by atoms with Crippen LogP contribution in [0.25, 0.3) is 5.69 Å². The average molecular weight is 371 g/mol. The summed E-state index contributed by atoms with van der Waals surface area (Å²) >= 11 is 1.32. The predicted octanol–water partition coefficient (Wildman–Crippen LogP) is 2.57. The smallest absolute Gasteiger partial charge is 0.286 e. The Labute approximate surface area is 148 Å². The molecule has 2 heterocycles. The average Bonchev–Trinajstić information content (AvgIpc) is 3.09. The molecule has 0 unspecified atom stereocenters. The van der Waals surface area contributed by atoms with Crippen LogP contribution in [0.3, 0.4) is 0 Å². The second kappa shape index (κ2) is 6.34. The molecule has 0 atom stereocenters. The summed E-state index contributed by atoms with van der Waals surface area (Å²) in [4.78, 5) is 4.43. The summed E-state index contributed by atoms with van der Waals surface area (Å²) in [7, 11) is -3.67. The van der Waals surface area contributed by atoms with Gasteiger partial charge in [-0.25, -0.2) is 9.67 Å². The summed E-state index contributed by atoms with van der Waals surface area (Å²) < 4.78 is 29.9. The third-order valence-electron chi connectivity index (χ3n) is 3.50. The minimum atomic E-state index is -3.67. The van der Waals surface area contributed by atoms with Crippen molar-refractivity contribution in [2.24, 2.45) is 4.40 Å². The highest BCUT2D eigenvalue weighted by atomic mass is 32.2. The van der Waals surface area contributed by atoms with E-state index in [4.69, 9.17) is 0 Å². The largest absolute Gasteiger partial charge is 0.341 e. The highest BCUT2D eigenvalue weighted by Gasteiger charge is 2.24. The Kier molecular flexibility index (Phi) is 4.02. The quantitative estimate of drug-likeness (QED) is 0.709. The molecule has 0 saturated heterocycles. The zero-order valence-corrected chi connectivity index (χ0v) is 14.5. The van der Waals surface area contributed by atoms with E-state index in [1.54, 1.807) is 29.2 Å². The van der Waals surface area contributed by atoms with E-state index in [2.05, 4.69) is 19.8 Å². The topological polar surface area (TPSA) is 89.2 Å². The third kappa shape index (κ3) is 3.28. The van der Waals surface area contributed by atoms with Crippen molar-refractivity contribution in [3.05, 3.63) is 60.9 Å². The lowest BCUT2D eigenvalue weighted by atomic mass is 10.3. The molecule has 2 aromatic carbocycles. The maximum absolute atomic E-state index is 12.2. The summed E-state index contributed by atoms with van der Waals surface area (Å²) in [6, 6.07) is 16.3. The van der Waals surface area contributed by atoms with Crippen molar-refractivity contribution < 1.29 is 8.42 Å². The van der Waals surface area contributed by atoms with Gasteiger partial charge in [-0.3, -0.25) is 0 Å². The molecule has 25 heavy (non-hydrogen) atoms. The van der Waals surface area contributed by atoms with Crippen LogP contribution in [-0.4, -0.2) is 34.8 Å². The SMILES string of the molecule is O=S1(=O)N=C(CSc2ncn(-c3ccccc3)n2)Nc2ccccc21.